The van der Waals surface area contributed by atoms with Gasteiger partial charge >= 0.3 is 0 Å². The molecule has 34 heavy (non-hydrogen) atoms. The zero-order valence-electron chi connectivity index (χ0n) is 19.2. The average Bonchev–Trinajstić information content (AvgIpc) is 3.54. The number of furan rings is 1. The molecule has 1 amide bonds. The van der Waals surface area contributed by atoms with Crippen LogP contribution in [0.4, 0.5) is 0 Å². The third-order valence-electron chi connectivity index (χ3n) is 6.11. The Bertz CT molecular complexity index is 1290. The van der Waals surface area contributed by atoms with Crippen LogP contribution in [0.1, 0.15) is 38.5 Å². The van der Waals surface area contributed by atoms with Crippen molar-refractivity contribution in [2.75, 3.05) is 32.8 Å². The SMILES string of the molecule is Cc1ccc(C(CNC(=O)c2cc3c(C)nn(Cc4ccc(Cl)cc4)c3s2)N2CCOCC2)o1. The highest BCUT2D eigenvalue weighted by molar-refractivity contribution is 7.20. The molecule has 9 heteroatoms. The van der Waals surface area contributed by atoms with Crippen LogP contribution < -0.4 is 5.32 Å². The topological polar surface area (TPSA) is 72.5 Å². The molecule has 1 unspecified atom stereocenters. The molecule has 1 N–H and O–H groups in total. The number of nitrogens with one attached hydrogen (secondary N) is 1. The second-order valence-electron chi connectivity index (χ2n) is 8.52. The molecular formula is C25H27ClN4O3S. The highest BCUT2D eigenvalue weighted by Crippen LogP contribution is 2.29. The zero-order chi connectivity index (χ0) is 23.7. The predicted molar refractivity (Wildman–Crippen MR) is 134 cm³/mol. The van der Waals surface area contributed by atoms with Gasteiger partial charge in [0.05, 0.1) is 36.4 Å². The molecule has 178 valence electrons. The second-order valence-corrected chi connectivity index (χ2v) is 9.99. The van der Waals surface area contributed by atoms with E-state index in [-0.39, 0.29) is 11.9 Å². The summed E-state index contributed by atoms with van der Waals surface area (Å²) in [4.78, 5) is 17.1. The first kappa shape index (κ1) is 23.1. The van der Waals surface area contributed by atoms with Crippen LogP contribution in [0.15, 0.2) is 46.9 Å². The van der Waals surface area contributed by atoms with Crippen LogP contribution in [0.3, 0.4) is 0 Å². The van der Waals surface area contributed by atoms with Crippen LogP contribution in [-0.4, -0.2) is 53.4 Å². The summed E-state index contributed by atoms with van der Waals surface area (Å²) < 4.78 is 13.4. The number of ether oxygens (including phenoxy) is 1. The summed E-state index contributed by atoms with van der Waals surface area (Å²) in [5.74, 6) is 1.65. The molecule has 1 saturated heterocycles. The molecule has 1 atom stereocenters. The lowest BCUT2D eigenvalue weighted by Crippen LogP contribution is -2.43. The van der Waals surface area contributed by atoms with E-state index in [1.807, 2.05) is 61.0 Å². The van der Waals surface area contributed by atoms with E-state index in [9.17, 15) is 4.79 Å². The van der Waals surface area contributed by atoms with Crippen molar-refractivity contribution >= 4 is 39.1 Å². The quantitative estimate of drug-likeness (QED) is 0.396. The first-order valence-electron chi connectivity index (χ1n) is 11.4. The van der Waals surface area contributed by atoms with E-state index in [1.54, 1.807) is 0 Å². The van der Waals surface area contributed by atoms with Crippen molar-refractivity contribution in [1.82, 2.24) is 20.0 Å². The van der Waals surface area contributed by atoms with Gasteiger partial charge in [0.25, 0.3) is 5.91 Å². The average molecular weight is 499 g/mol. The lowest BCUT2D eigenvalue weighted by atomic mass is 10.1. The van der Waals surface area contributed by atoms with Crippen molar-refractivity contribution in [1.29, 1.82) is 0 Å². The number of aryl methyl sites for hydroxylation is 2. The normalized spacial score (nSPS) is 15.6. The molecule has 0 bridgehead atoms. The van der Waals surface area contributed by atoms with E-state index in [0.717, 1.165) is 46.1 Å². The van der Waals surface area contributed by atoms with E-state index >= 15 is 0 Å². The lowest BCUT2D eigenvalue weighted by molar-refractivity contribution is 0.0117. The van der Waals surface area contributed by atoms with E-state index in [4.69, 9.17) is 20.8 Å². The molecular weight excluding hydrogens is 472 g/mol. The summed E-state index contributed by atoms with van der Waals surface area (Å²) in [5, 5.41) is 9.53. The smallest absolute Gasteiger partial charge is 0.261 e. The van der Waals surface area contributed by atoms with Crippen molar-refractivity contribution in [2.45, 2.75) is 26.4 Å². The Kier molecular flexibility index (Phi) is 6.74. The summed E-state index contributed by atoms with van der Waals surface area (Å²) in [6.45, 7) is 7.99. The maximum absolute atomic E-state index is 13.1. The number of hydrogen-bond acceptors (Lipinski definition) is 6. The molecule has 1 fully saturated rings. The molecule has 1 aliphatic rings. The molecule has 0 aliphatic carbocycles. The molecule has 4 heterocycles. The van der Waals surface area contributed by atoms with Crippen molar-refractivity contribution in [3.05, 3.63) is 75.1 Å². The van der Waals surface area contributed by atoms with Crippen LogP contribution in [0.5, 0.6) is 0 Å². The Morgan fingerprint density at radius 2 is 1.94 bits per heavy atom. The number of hydrogen-bond donors (Lipinski definition) is 1. The summed E-state index contributed by atoms with van der Waals surface area (Å²) in [6, 6.07) is 13.6. The van der Waals surface area contributed by atoms with Crippen LogP contribution in [0.2, 0.25) is 5.02 Å². The summed E-state index contributed by atoms with van der Waals surface area (Å²) in [6.07, 6.45) is 0. The van der Waals surface area contributed by atoms with Gasteiger partial charge in [0.15, 0.2) is 0 Å². The van der Waals surface area contributed by atoms with Gasteiger partial charge in [-0.05, 0) is 49.7 Å². The molecule has 7 nitrogen and oxygen atoms in total. The number of aromatic nitrogens is 2. The number of fused-ring (bicyclic) bond motifs is 1. The Morgan fingerprint density at radius 3 is 2.65 bits per heavy atom. The third kappa shape index (κ3) is 4.90. The Morgan fingerprint density at radius 1 is 1.18 bits per heavy atom. The number of halogens is 1. The van der Waals surface area contributed by atoms with Crippen molar-refractivity contribution in [2.24, 2.45) is 0 Å². The standard InChI is InChI=1S/C25H27ClN4O3S/c1-16-3-8-22(33-16)21(29-9-11-32-12-10-29)14-27-24(31)23-13-20-17(2)28-30(25(20)34-23)15-18-4-6-19(26)7-5-18/h3-8,13,21H,9-12,14-15H2,1-2H3,(H,27,31). The first-order chi connectivity index (χ1) is 16.5. The highest BCUT2D eigenvalue weighted by atomic mass is 35.5. The van der Waals surface area contributed by atoms with E-state index in [1.165, 1.54) is 11.3 Å². The van der Waals surface area contributed by atoms with Gasteiger partial charge in [0.1, 0.15) is 16.4 Å². The Hall–Kier alpha value is -2.65. The minimum Gasteiger partial charge on any atom is -0.465 e. The van der Waals surface area contributed by atoms with Gasteiger partial charge in [-0.15, -0.1) is 11.3 Å². The Balaban J connectivity index is 1.33. The molecule has 0 saturated carbocycles. The maximum Gasteiger partial charge on any atom is 0.261 e. The van der Waals surface area contributed by atoms with Crippen molar-refractivity contribution < 1.29 is 13.9 Å². The predicted octanol–water partition coefficient (Wildman–Crippen LogP) is 4.81. The number of morpholine rings is 1. The summed E-state index contributed by atoms with van der Waals surface area (Å²) in [5.41, 5.74) is 2.02. The van der Waals surface area contributed by atoms with Gasteiger partial charge < -0.3 is 14.5 Å². The Labute approximate surface area is 207 Å². The first-order valence-corrected chi connectivity index (χ1v) is 12.5. The van der Waals surface area contributed by atoms with Crippen molar-refractivity contribution in [3.63, 3.8) is 0 Å². The van der Waals surface area contributed by atoms with Crippen LogP contribution in [0.25, 0.3) is 10.2 Å². The van der Waals surface area contributed by atoms with Gasteiger partial charge in [-0.3, -0.25) is 14.4 Å². The van der Waals surface area contributed by atoms with E-state index in [2.05, 4.69) is 15.3 Å². The third-order valence-corrected chi connectivity index (χ3v) is 7.51. The molecule has 0 radical (unpaired) electrons. The number of nitrogens with zero attached hydrogens (tertiary/aromatic N) is 3. The van der Waals surface area contributed by atoms with Gasteiger partial charge in [-0.2, -0.15) is 5.10 Å². The van der Waals surface area contributed by atoms with Gasteiger partial charge in [0, 0.05) is 30.0 Å². The second kappa shape index (κ2) is 9.92. The van der Waals surface area contributed by atoms with Gasteiger partial charge in [0.2, 0.25) is 0 Å². The lowest BCUT2D eigenvalue weighted by Gasteiger charge is -2.33. The van der Waals surface area contributed by atoms with Gasteiger partial charge in [-0.25, -0.2) is 0 Å². The fourth-order valence-corrected chi connectivity index (χ4v) is 5.51. The highest BCUT2D eigenvalue weighted by Gasteiger charge is 2.26. The number of amides is 1. The fraction of sp³-hybridized carbons (Fsp3) is 0.360. The van der Waals surface area contributed by atoms with E-state index < -0.39 is 0 Å². The molecule has 3 aromatic heterocycles. The van der Waals surface area contributed by atoms with Gasteiger partial charge in [-0.1, -0.05) is 23.7 Å². The molecule has 0 spiro atoms. The number of carbonyl (C=O) groups is 1. The molecule has 1 aliphatic heterocycles. The van der Waals surface area contributed by atoms with Crippen molar-refractivity contribution in [3.8, 4) is 0 Å². The largest absolute Gasteiger partial charge is 0.465 e. The van der Waals surface area contributed by atoms with Crippen LogP contribution in [0, 0.1) is 13.8 Å². The zero-order valence-corrected chi connectivity index (χ0v) is 20.8. The van der Waals surface area contributed by atoms with E-state index in [0.29, 0.717) is 36.2 Å². The number of thiophene rings is 1. The minimum atomic E-state index is -0.0832. The number of carbonyl (C=O) groups excluding carboxylic acids is 1. The number of benzene rings is 1. The van der Waals surface area contributed by atoms with Crippen LogP contribution >= 0.6 is 22.9 Å². The maximum atomic E-state index is 13.1. The monoisotopic (exact) mass is 498 g/mol. The number of rotatable bonds is 7. The molecule has 5 rings (SSSR count). The minimum absolute atomic E-state index is 0.0296. The summed E-state index contributed by atoms with van der Waals surface area (Å²) >= 11 is 7.48. The molecule has 1 aromatic carbocycles. The van der Waals surface area contributed by atoms with Crippen LogP contribution in [-0.2, 0) is 11.3 Å². The fourth-order valence-electron chi connectivity index (χ4n) is 4.30. The molecule has 4 aromatic rings. The summed E-state index contributed by atoms with van der Waals surface area (Å²) in [7, 11) is 0.